The highest BCUT2D eigenvalue weighted by Crippen LogP contribution is 2.39. The fourth-order valence-corrected chi connectivity index (χ4v) is 3.98. The maximum Gasteiger partial charge on any atom is 0.409 e. The number of nitrogens with one attached hydrogen (secondary N) is 1. The van der Waals surface area contributed by atoms with Crippen molar-refractivity contribution in [2.24, 2.45) is 0 Å². The van der Waals surface area contributed by atoms with Gasteiger partial charge in [-0.25, -0.2) is 14.8 Å². The predicted octanol–water partition coefficient (Wildman–Crippen LogP) is 2.14. The first-order chi connectivity index (χ1) is 12.7. The van der Waals surface area contributed by atoms with E-state index in [0.29, 0.717) is 24.6 Å². The first-order valence-corrected chi connectivity index (χ1v) is 9.98. The average molecular weight is 359 g/mol. The molecule has 1 saturated carbocycles. The first-order valence-electron chi connectivity index (χ1n) is 9.98. The molecule has 1 unspecified atom stereocenters. The third kappa shape index (κ3) is 4.09. The lowest BCUT2D eigenvalue weighted by atomic mass is 10.0. The molecule has 0 aromatic carbocycles. The van der Waals surface area contributed by atoms with Crippen molar-refractivity contribution in [2.45, 2.75) is 57.0 Å². The number of hydrogen-bond donors (Lipinski definition) is 1. The van der Waals surface area contributed by atoms with Crippen LogP contribution < -0.4 is 10.2 Å². The van der Waals surface area contributed by atoms with Gasteiger partial charge >= 0.3 is 6.09 Å². The number of nitrogens with zero attached hydrogens (tertiary/aromatic N) is 4. The third-order valence-corrected chi connectivity index (χ3v) is 5.62. The van der Waals surface area contributed by atoms with Crippen LogP contribution in [0.2, 0.25) is 0 Å². The van der Waals surface area contributed by atoms with Crippen LogP contribution in [0, 0.1) is 0 Å². The number of rotatable bonds is 5. The van der Waals surface area contributed by atoms with E-state index in [-0.39, 0.29) is 6.09 Å². The first kappa shape index (κ1) is 17.5. The van der Waals surface area contributed by atoms with Gasteiger partial charge in [0, 0.05) is 56.1 Å². The molecular weight excluding hydrogens is 330 g/mol. The Hall–Kier alpha value is -1.89. The number of amides is 1. The summed E-state index contributed by atoms with van der Waals surface area (Å²) < 4.78 is 5.09. The van der Waals surface area contributed by atoms with Crippen molar-refractivity contribution in [1.29, 1.82) is 0 Å². The van der Waals surface area contributed by atoms with Crippen LogP contribution in [0.3, 0.4) is 0 Å². The number of carbonyl (C=O) groups is 1. The number of piperidine rings is 1. The van der Waals surface area contributed by atoms with E-state index in [1.54, 1.807) is 0 Å². The molecule has 3 aliphatic rings. The summed E-state index contributed by atoms with van der Waals surface area (Å²) >= 11 is 0. The van der Waals surface area contributed by atoms with Crippen LogP contribution in [-0.4, -0.2) is 65.8 Å². The molecule has 4 rings (SSSR count). The van der Waals surface area contributed by atoms with E-state index in [0.717, 1.165) is 51.4 Å². The Morgan fingerprint density at radius 3 is 2.69 bits per heavy atom. The maximum atomic E-state index is 11.8. The van der Waals surface area contributed by atoms with Crippen molar-refractivity contribution >= 4 is 12.0 Å². The van der Waals surface area contributed by atoms with Crippen LogP contribution in [0.5, 0.6) is 0 Å². The van der Waals surface area contributed by atoms with Crippen molar-refractivity contribution in [2.75, 3.05) is 37.7 Å². The fourth-order valence-electron chi connectivity index (χ4n) is 3.98. The Bertz CT molecular complexity index is 628. The van der Waals surface area contributed by atoms with E-state index in [2.05, 4.69) is 21.3 Å². The molecule has 1 N–H and O–H groups in total. The summed E-state index contributed by atoms with van der Waals surface area (Å²) in [5.41, 5.74) is 1.21. The molecule has 1 atom stereocenters. The standard InChI is InChI=1S/C19H29N5O2/c1-2-26-19(25)23-10-6-15(7-11-23)21-16-8-12-24(13-16)18-20-9-5-17(22-18)14-3-4-14/h5,9,14-16,21H,2-4,6-8,10-13H2,1H3. The number of hydrogen-bond acceptors (Lipinski definition) is 6. The molecule has 1 aromatic heterocycles. The van der Waals surface area contributed by atoms with Crippen molar-refractivity contribution in [3.63, 3.8) is 0 Å². The Morgan fingerprint density at radius 1 is 1.19 bits per heavy atom. The van der Waals surface area contributed by atoms with E-state index < -0.39 is 0 Å². The molecule has 26 heavy (non-hydrogen) atoms. The Kier molecular flexibility index (Phi) is 5.24. The zero-order chi connectivity index (χ0) is 17.9. The predicted molar refractivity (Wildman–Crippen MR) is 99.4 cm³/mol. The molecule has 7 nitrogen and oxygen atoms in total. The quantitative estimate of drug-likeness (QED) is 0.869. The van der Waals surface area contributed by atoms with Gasteiger partial charge in [-0.3, -0.25) is 0 Å². The monoisotopic (exact) mass is 359 g/mol. The van der Waals surface area contributed by atoms with Crippen LogP contribution in [-0.2, 0) is 4.74 Å². The molecule has 1 aromatic rings. The highest BCUT2D eigenvalue weighted by molar-refractivity contribution is 5.67. The van der Waals surface area contributed by atoms with Crippen LogP contribution >= 0.6 is 0 Å². The number of likely N-dealkylation sites (tertiary alicyclic amines) is 1. The summed E-state index contributed by atoms with van der Waals surface area (Å²) in [6.45, 7) is 5.82. The van der Waals surface area contributed by atoms with E-state index in [9.17, 15) is 4.79 Å². The van der Waals surface area contributed by atoms with E-state index in [4.69, 9.17) is 9.72 Å². The van der Waals surface area contributed by atoms with Gasteiger partial charge in [0.25, 0.3) is 0 Å². The molecule has 2 saturated heterocycles. The number of anilines is 1. The van der Waals surface area contributed by atoms with Gasteiger partial charge < -0.3 is 19.9 Å². The minimum Gasteiger partial charge on any atom is -0.450 e. The minimum absolute atomic E-state index is 0.175. The largest absolute Gasteiger partial charge is 0.450 e. The molecule has 142 valence electrons. The average Bonchev–Trinajstić information content (AvgIpc) is 3.42. The maximum absolute atomic E-state index is 11.8. The molecule has 0 radical (unpaired) electrons. The highest BCUT2D eigenvalue weighted by atomic mass is 16.6. The number of aromatic nitrogens is 2. The van der Waals surface area contributed by atoms with Gasteiger partial charge in [0.15, 0.2) is 0 Å². The lowest BCUT2D eigenvalue weighted by Gasteiger charge is -2.33. The van der Waals surface area contributed by atoms with E-state index in [1.807, 2.05) is 18.0 Å². The number of carbonyl (C=O) groups excluding carboxylic acids is 1. The Balaban J connectivity index is 1.25. The molecule has 0 bridgehead atoms. The Morgan fingerprint density at radius 2 is 1.96 bits per heavy atom. The summed E-state index contributed by atoms with van der Waals surface area (Å²) in [6, 6.07) is 3.01. The molecule has 1 amide bonds. The van der Waals surface area contributed by atoms with Crippen LogP contribution in [0.4, 0.5) is 10.7 Å². The van der Waals surface area contributed by atoms with Crippen molar-refractivity contribution in [1.82, 2.24) is 20.2 Å². The molecule has 1 aliphatic carbocycles. The van der Waals surface area contributed by atoms with Gasteiger partial charge in [-0.2, -0.15) is 0 Å². The van der Waals surface area contributed by atoms with Gasteiger partial charge in [-0.05, 0) is 45.1 Å². The molecule has 3 fully saturated rings. The number of ether oxygens (including phenoxy) is 1. The van der Waals surface area contributed by atoms with Crippen LogP contribution in [0.1, 0.15) is 50.6 Å². The Labute approximate surface area is 155 Å². The lowest BCUT2D eigenvalue weighted by molar-refractivity contribution is 0.0944. The van der Waals surface area contributed by atoms with Crippen molar-refractivity contribution in [3.05, 3.63) is 18.0 Å². The second kappa shape index (κ2) is 7.78. The second-order valence-electron chi connectivity index (χ2n) is 7.61. The van der Waals surface area contributed by atoms with Crippen LogP contribution in [0.15, 0.2) is 12.3 Å². The highest BCUT2D eigenvalue weighted by Gasteiger charge is 2.30. The summed E-state index contributed by atoms with van der Waals surface area (Å²) in [5.74, 6) is 1.55. The van der Waals surface area contributed by atoms with Gasteiger partial charge in [-0.1, -0.05) is 0 Å². The van der Waals surface area contributed by atoms with E-state index in [1.165, 1.54) is 18.5 Å². The minimum atomic E-state index is -0.175. The SMILES string of the molecule is CCOC(=O)N1CCC(NC2CCN(c3nccc(C4CC4)n3)C2)CC1. The topological polar surface area (TPSA) is 70.6 Å². The molecule has 3 heterocycles. The van der Waals surface area contributed by atoms with Crippen LogP contribution in [0.25, 0.3) is 0 Å². The van der Waals surface area contributed by atoms with Gasteiger partial charge in [0.2, 0.25) is 5.95 Å². The van der Waals surface area contributed by atoms with Gasteiger partial charge in [0.05, 0.1) is 6.61 Å². The summed E-state index contributed by atoms with van der Waals surface area (Å²) in [6.07, 6.45) is 7.37. The zero-order valence-electron chi connectivity index (χ0n) is 15.6. The third-order valence-electron chi connectivity index (χ3n) is 5.62. The fraction of sp³-hybridized carbons (Fsp3) is 0.737. The molecule has 7 heteroatoms. The molecule has 0 spiro atoms. The summed E-state index contributed by atoms with van der Waals surface area (Å²) in [7, 11) is 0. The molecular formula is C19H29N5O2. The van der Waals surface area contributed by atoms with Crippen molar-refractivity contribution < 1.29 is 9.53 Å². The lowest BCUT2D eigenvalue weighted by Crippen LogP contribution is -2.48. The van der Waals surface area contributed by atoms with Gasteiger partial charge in [0.1, 0.15) is 0 Å². The molecule has 2 aliphatic heterocycles. The zero-order valence-corrected chi connectivity index (χ0v) is 15.6. The second-order valence-corrected chi connectivity index (χ2v) is 7.61. The normalized spacial score (nSPS) is 24.1. The summed E-state index contributed by atoms with van der Waals surface area (Å²) in [4.78, 5) is 25.2. The summed E-state index contributed by atoms with van der Waals surface area (Å²) in [5, 5.41) is 3.78. The van der Waals surface area contributed by atoms with Gasteiger partial charge in [-0.15, -0.1) is 0 Å². The smallest absolute Gasteiger partial charge is 0.409 e. The van der Waals surface area contributed by atoms with E-state index >= 15 is 0 Å². The van der Waals surface area contributed by atoms with Crippen molar-refractivity contribution in [3.8, 4) is 0 Å².